The minimum atomic E-state index is -0.474. The van der Waals surface area contributed by atoms with E-state index in [1.165, 1.54) is 10.9 Å². The average Bonchev–Trinajstić information content (AvgIpc) is 3.59. The highest BCUT2D eigenvalue weighted by atomic mass is 79.9. The number of fused-ring (bicyclic) bond motifs is 2. The van der Waals surface area contributed by atoms with Crippen molar-refractivity contribution >= 4 is 50.4 Å². The molecule has 3 aromatic heterocycles. The summed E-state index contributed by atoms with van der Waals surface area (Å²) in [7, 11) is 0. The molecule has 0 radical (unpaired) electrons. The Kier molecular flexibility index (Phi) is 7.98. The molecule has 236 valence electrons. The normalized spacial score (nSPS) is 14.3. The molecule has 0 unspecified atom stereocenters. The van der Waals surface area contributed by atoms with Crippen LogP contribution in [0, 0.1) is 6.92 Å². The number of hydrogen-bond donors (Lipinski definition) is 1. The summed E-state index contributed by atoms with van der Waals surface area (Å²) in [6.45, 7) is 4.00. The van der Waals surface area contributed by atoms with Crippen LogP contribution in [0.4, 0.5) is 0 Å². The first kappa shape index (κ1) is 30.6. The lowest BCUT2D eigenvalue weighted by molar-refractivity contribution is 0.0610. The summed E-state index contributed by atoms with van der Waals surface area (Å²) in [4.78, 5) is 56.6. The predicted molar refractivity (Wildman–Crippen MR) is 179 cm³/mol. The molecule has 0 saturated heterocycles. The zero-order chi connectivity index (χ0) is 32.8. The summed E-state index contributed by atoms with van der Waals surface area (Å²) in [5, 5.41) is 3.43. The van der Waals surface area contributed by atoms with Crippen LogP contribution in [0.25, 0.3) is 28.0 Å². The van der Waals surface area contributed by atoms with E-state index < -0.39 is 11.6 Å². The van der Waals surface area contributed by atoms with E-state index in [4.69, 9.17) is 16.0 Å². The summed E-state index contributed by atoms with van der Waals surface area (Å²) in [6.07, 6.45) is 3.13. The van der Waals surface area contributed by atoms with Crippen LogP contribution in [0.2, 0.25) is 5.02 Å². The zero-order valence-electron chi connectivity index (χ0n) is 25.3. The Morgan fingerprint density at radius 1 is 1.11 bits per heavy atom. The van der Waals surface area contributed by atoms with E-state index in [2.05, 4.69) is 36.2 Å². The molecule has 1 aliphatic rings. The van der Waals surface area contributed by atoms with Gasteiger partial charge < -0.3 is 14.6 Å². The van der Waals surface area contributed by atoms with E-state index in [0.29, 0.717) is 43.4 Å². The van der Waals surface area contributed by atoms with Gasteiger partial charge in [-0.25, -0.2) is 19.7 Å². The predicted octanol–water partition coefficient (Wildman–Crippen LogP) is 5.94. The van der Waals surface area contributed by atoms with Crippen LogP contribution in [-0.2, 0) is 19.6 Å². The number of hydrogen-bond acceptors (Lipinski definition) is 7. The van der Waals surface area contributed by atoms with Gasteiger partial charge in [0, 0.05) is 47.9 Å². The van der Waals surface area contributed by atoms with E-state index in [9.17, 15) is 14.4 Å². The van der Waals surface area contributed by atoms with Gasteiger partial charge in [-0.2, -0.15) is 0 Å². The van der Waals surface area contributed by atoms with Crippen molar-refractivity contribution in [3.8, 4) is 16.9 Å². The Hall–Kier alpha value is -5.07. The second-order valence-corrected chi connectivity index (χ2v) is 12.5. The second kappa shape index (κ2) is 12.3. The Labute approximate surface area is 282 Å². The Bertz CT molecular complexity index is 2240. The number of nitrogens with one attached hydrogen (secondary N) is 1. The van der Waals surface area contributed by atoms with Crippen molar-refractivity contribution in [2.24, 2.45) is 0 Å². The molecule has 0 saturated carbocycles. The van der Waals surface area contributed by atoms with Crippen molar-refractivity contribution in [2.45, 2.75) is 39.5 Å². The molecule has 0 bridgehead atoms. The maximum atomic E-state index is 14.3. The number of rotatable bonds is 6. The van der Waals surface area contributed by atoms with Crippen LogP contribution in [0.5, 0.6) is 0 Å². The molecule has 13 heteroatoms. The third-order valence-corrected chi connectivity index (χ3v) is 9.47. The maximum Gasteiger partial charge on any atom is 0.333 e. The van der Waals surface area contributed by atoms with E-state index in [0.717, 1.165) is 16.8 Å². The summed E-state index contributed by atoms with van der Waals surface area (Å²) in [6, 6.07) is 19.3. The van der Waals surface area contributed by atoms with Crippen molar-refractivity contribution < 1.29 is 14.0 Å². The topological polar surface area (TPSA) is 128 Å². The molecule has 3 aromatic carbocycles. The van der Waals surface area contributed by atoms with Crippen molar-refractivity contribution in [3.63, 3.8) is 0 Å². The van der Waals surface area contributed by atoms with Gasteiger partial charge in [0.05, 0.1) is 28.6 Å². The van der Waals surface area contributed by atoms with Gasteiger partial charge in [-0.3, -0.25) is 18.7 Å². The third kappa shape index (κ3) is 5.63. The maximum absolute atomic E-state index is 14.3. The van der Waals surface area contributed by atoms with Gasteiger partial charge in [0.1, 0.15) is 17.5 Å². The van der Waals surface area contributed by atoms with Gasteiger partial charge in [0.25, 0.3) is 11.8 Å². The van der Waals surface area contributed by atoms with Gasteiger partial charge in [-0.05, 0) is 70.9 Å². The molecule has 2 amide bonds. The van der Waals surface area contributed by atoms with Gasteiger partial charge in [-0.1, -0.05) is 35.9 Å². The zero-order valence-corrected chi connectivity index (χ0v) is 27.6. The number of nitrogens with zero attached hydrogens (tertiary/aromatic N) is 6. The highest BCUT2D eigenvalue weighted by molar-refractivity contribution is 9.10. The molecule has 1 atom stereocenters. The number of imidazole rings is 1. The molecule has 1 aliphatic heterocycles. The van der Waals surface area contributed by atoms with Crippen LogP contribution in [0.15, 0.2) is 92.9 Å². The summed E-state index contributed by atoms with van der Waals surface area (Å²) in [5.74, 6) is -0.251. The summed E-state index contributed by atoms with van der Waals surface area (Å²) >= 11 is 9.69. The highest BCUT2D eigenvalue weighted by Gasteiger charge is 2.35. The van der Waals surface area contributed by atoms with Crippen LogP contribution >= 0.6 is 27.5 Å². The van der Waals surface area contributed by atoms with E-state index in [-0.39, 0.29) is 37.3 Å². The van der Waals surface area contributed by atoms with Gasteiger partial charge in [0.2, 0.25) is 0 Å². The number of amides is 2. The minimum absolute atomic E-state index is 0.0293. The lowest BCUT2D eigenvalue weighted by atomic mass is 10.0. The van der Waals surface area contributed by atoms with Crippen molar-refractivity contribution in [1.82, 2.24) is 34.3 Å². The number of benzene rings is 3. The SMILES string of the molecule is Cc1nc2cc(-n3c(C(=O)NCc4ccccc4-c4ccncn4)c4n(c3=O)C[C@H](C)N(C(=O)c3ccc(Br)c(Cl)c3)C4)ccc2o1. The second-order valence-electron chi connectivity index (χ2n) is 11.3. The quantitative estimate of drug-likeness (QED) is 0.227. The molecule has 1 N–H and O–H groups in total. The van der Waals surface area contributed by atoms with Crippen molar-refractivity contribution in [3.05, 3.63) is 128 Å². The Morgan fingerprint density at radius 2 is 1.94 bits per heavy atom. The largest absolute Gasteiger partial charge is 0.441 e. The van der Waals surface area contributed by atoms with Gasteiger partial charge >= 0.3 is 5.69 Å². The Balaban J connectivity index is 1.30. The fourth-order valence-electron chi connectivity index (χ4n) is 5.96. The average molecular weight is 713 g/mol. The number of aryl methyl sites for hydroxylation is 1. The first-order chi connectivity index (χ1) is 22.7. The molecule has 6 aromatic rings. The first-order valence-electron chi connectivity index (χ1n) is 14.8. The molecule has 47 heavy (non-hydrogen) atoms. The van der Waals surface area contributed by atoms with Crippen LogP contribution in [0.3, 0.4) is 0 Å². The minimum Gasteiger partial charge on any atom is -0.441 e. The van der Waals surface area contributed by atoms with E-state index >= 15 is 0 Å². The number of aromatic nitrogens is 5. The smallest absolute Gasteiger partial charge is 0.333 e. The van der Waals surface area contributed by atoms with Crippen LogP contribution in [0.1, 0.15) is 44.9 Å². The lowest BCUT2D eigenvalue weighted by Crippen LogP contribution is -2.47. The third-order valence-electron chi connectivity index (χ3n) is 8.24. The highest BCUT2D eigenvalue weighted by Crippen LogP contribution is 2.29. The van der Waals surface area contributed by atoms with Crippen molar-refractivity contribution in [1.29, 1.82) is 0 Å². The standard InChI is InChI=1S/C34H27BrClN7O4/c1-19-16-42-29(17-41(19)33(45)21-7-9-25(35)26(36)13-21)31(43(34(42)46)23-8-10-30-28(14-23)40-20(2)47-30)32(44)38-15-22-5-3-4-6-24(22)27-11-12-37-18-39-27/h3-14,18-19H,15-17H2,1-2H3,(H,38,44)/t19-/m0/s1. The molecule has 7 rings (SSSR count). The summed E-state index contributed by atoms with van der Waals surface area (Å²) in [5.41, 5.74) is 4.53. The van der Waals surface area contributed by atoms with Gasteiger partial charge in [-0.15, -0.1) is 0 Å². The van der Waals surface area contributed by atoms with Crippen LogP contribution < -0.4 is 11.0 Å². The van der Waals surface area contributed by atoms with E-state index in [1.807, 2.05) is 31.2 Å². The van der Waals surface area contributed by atoms with Gasteiger partial charge in [0.15, 0.2) is 11.5 Å². The number of carbonyl (C=O) groups is 2. The lowest BCUT2D eigenvalue weighted by Gasteiger charge is -2.34. The Morgan fingerprint density at radius 3 is 2.72 bits per heavy atom. The number of halogens is 2. The molecule has 11 nitrogen and oxygen atoms in total. The first-order valence-corrected chi connectivity index (χ1v) is 16.0. The number of carbonyl (C=O) groups excluding carboxylic acids is 2. The van der Waals surface area contributed by atoms with Crippen molar-refractivity contribution in [2.75, 3.05) is 0 Å². The molecular formula is C34H27BrClN7O4. The monoisotopic (exact) mass is 711 g/mol. The molecule has 0 fully saturated rings. The molecule has 4 heterocycles. The molecule has 0 aliphatic carbocycles. The summed E-state index contributed by atoms with van der Waals surface area (Å²) < 4.78 is 9.29. The van der Waals surface area contributed by atoms with Crippen LogP contribution in [-0.4, -0.2) is 46.8 Å². The van der Waals surface area contributed by atoms with E-state index in [1.54, 1.807) is 65.1 Å². The molecular weight excluding hydrogens is 686 g/mol. The number of oxazole rings is 1. The fraction of sp³-hybridized carbons (Fsp3) is 0.176. The fourth-order valence-corrected chi connectivity index (χ4v) is 6.39. The molecule has 0 spiro atoms.